The van der Waals surface area contributed by atoms with Gasteiger partial charge in [0, 0.05) is 5.57 Å². The molecule has 1 aliphatic rings. The van der Waals surface area contributed by atoms with Gasteiger partial charge in [-0.3, -0.25) is 4.79 Å². The minimum absolute atomic E-state index is 0.0856. The first-order chi connectivity index (χ1) is 4.22. The average Bonchev–Trinajstić information content (AvgIpc) is 2.13. The molecule has 0 aromatic heterocycles. The van der Waals surface area contributed by atoms with Gasteiger partial charge in [-0.25, -0.2) is 0 Å². The van der Waals surface area contributed by atoms with E-state index < -0.39 is 0 Å². The SMILES string of the molecule is O=C(S)C1=C([Si])CCC1. The van der Waals surface area contributed by atoms with Gasteiger partial charge in [0.05, 0.1) is 10.2 Å². The minimum Gasteiger partial charge on any atom is -0.282 e. The highest BCUT2D eigenvalue weighted by atomic mass is 32.1. The maximum Gasteiger partial charge on any atom is 0.211 e. The first-order valence-electron chi connectivity index (χ1n) is 2.88. The monoisotopic (exact) mass is 155 g/mol. The summed E-state index contributed by atoms with van der Waals surface area (Å²) in [5.41, 5.74) is 0.856. The topological polar surface area (TPSA) is 17.1 Å². The molecule has 0 saturated carbocycles. The van der Waals surface area contributed by atoms with Crippen molar-refractivity contribution in [1.29, 1.82) is 0 Å². The molecular weight excluding hydrogens is 148 g/mol. The molecule has 47 valence electrons. The Balaban J connectivity index is 2.78. The Labute approximate surface area is 63.4 Å². The number of hydrogen-bond acceptors (Lipinski definition) is 1. The lowest BCUT2D eigenvalue weighted by atomic mass is 10.3. The molecule has 0 saturated heterocycles. The maximum atomic E-state index is 10.6. The van der Waals surface area contributed by atoms with E-state index in [1.807, 2.05) is 0 Å². The van der Waals surface area contributed by atoms with E-state index in [-0.39, 0.29) is 5.12 Å². The summed E-state index contributed by atoms with van der Waals surface area (Å²) in [6.45, 7) is 0. The van der Waals surface area contributed by atoms with Crippen LogP contribution in [0.5, 0.6) is 0 Å². The van der Waals surface area contributed by atoms with E-state index in [2.05, 4.69) is 22.9 Å². The van der Waals surface area contributed by atoms with E-state index >= 15 is 0 Å². The van der Waals surface area contributed by atoms with Crippen molar-refractivity contribution < 1.29 is 4.79 Å². The third-order valence-electron chi connectivity index (χ3n) is 1.48. The van der Waals surface area contributed by atoms with Crippen molar-refractivity contribution in [2.75, 3.05) is 0 Å². The summed E-state index contributed by atoms with van der Waals surface area (Å²) in [5, 5.41) is 0.951. The van der Waals surface area contributed by atoms with Crippen LogP contribution in [0.2, 0.25) is 0 Å². The fraction of sp³-hybridized carbons (Fsp3) is 0.500. The maximum absolute atomic E-state index is 10.6. The Bertz CT molecular complexity index is 174. The van der Waals surface area contributed by atoms with Crippen molar-refractivity contribution in [3.8, 4) is 0 Å². The summed E-state index contributed by atoms with van der Waals surface area (Å²) >= 11 is 3.72. The Morgan fingerprint density at radius 2 is 2.22 bits per heavy atom. The van der Waals surface area contributed by atoms with Gasteiger partial charge >= 0.3 is 0 Å². The lowest BCUT2D eigenvalue weighted by molar-refractivity contribution is -0.107. The first kappa shape index (κ1) is 7.09. The predicted molar refractivity (Wildman–Crippen MR) is 40.6 cm³/mol. The third kappa shape index (κ3) is 1.46. The van der Waals surface area contributed by atoms with E-state index in [0.717, 1.165) is 30.0 Å². The van der Waals surface area contributed by atoms with Crippen LogP contribution in [0.25, 0.3) is 0 Å². The average molecular weight is 155 g/mol. The smallest absolute Gasteiger partial charge is 0.211 e. The second kappa shape index (κ2) is 2.71. The van der Waals surface area contributed by atoms with Gasteiger partial charge in [-0.1, -0.05) is 5.20 Å². The number of hydrogen-bond donors (Lipinski definition) is 1. The van der Waals surface area contributed by atoms with Gasteiger partial charge < -0.3 is 0 Å². The lowest BCUT2D eigenvalue weighted by Crippen LogP contribution is -1.92. The van der Waals surface area contributed by atoms with Crippen LogP contribution in [0.3, 0.4) is 0 Å². The zero-order valence-electron chi connectivity index (χ0n) is 4.98. The number of allylic oxidation sites excluding steroid dienone is 1. The summed E-state index contributed by atoms with van der Waals surface area (Å²) in [5.74, 6) is 0. The van der Waals surface area contributed by atoms with Crippen molar-refractivity contribution in [3.05, 3.63) is 10.8 Å². The Kier molecular flexibility index (Phi) is 2.13. The second-order valence-electron chi connectivity index (χ2n) is 2.12. The van der Waals surface area contributed by atoms with E-state index in [1.54, 1.807) is 0 Å². The van der Waals surface area contributed by atoms with Crippen molar-refractivity contribution in [3.63, 3.8) is 0 Å². The van der Waals surface area contributed by atoms with Crippen LogP contribution >= 0.6 is 12.6 Å². The number of thiol groups is 1. The Hall–Kier alpha value is -0.0231. The van der Waals surface area contributed by atoms with Crippen molar-refractivity contribution >= 4 is 28.0 Å². The molecule has 1 aliphatic carbocycles. The molecule has 3 radical (unpaired) electrons. The van der Waals surface area contributed by atoms with Gasteiger partial charge in [-0.05, 0) is 19.3 Å². The van der Waals surface area contributed by atoms with Crippen LogP contribution in [-0.2, 0) is 4.79 Å². The van der Waals surface area contributed by atoms with Crippen molar-refractivity contribution in [1.82, 2.24) is 0 Å². The molecule has 9 heavy (non-hydrogen) atoms. The largest absolute Gasteiger partial charge is 0.282 e. The molecule has 0 heterocycles. The van der Waals surface area contributed by atoms with Gasteiger partial charge in [0.2, 0.25) is 5.12 Å². The van der Waals surface area contributed by atoms with Crippen LogP contribution in [0.15, 0.2) is 10.8 Å². The van der Waals surface area contributed by atoms with Gasteiger partial charge in [-0.2, -0.15) is 0 Å². The van der Waals surface area contributed by atoms with Gasteiger partial charge in [0.25, 0.3) is 0 Å². The molecule has 0 bridgehead atoms. The molecular formula is C6H7OSSi. The summed E-state index contributed by atoms with van der Waals surface area (Å²) in [7, 11) is 3.36. The Morgan fingerprint density at radius 1 is 1.56 bits per heavy atom. The summed E-state index contributed by atoms with van der Waals surface area (Å²) in [6, 6.07) is 0. The van der Waals surface area contributed by atoms with Crippen LogP contribution in [0.4, 0.5) is 0 Å². The second-order valence-corrected chi connectivity index (χ2v) is 3.13. The molecule has 1 nitrogen and oxygen atoms in total. The van der Waals surface area contributed by atoms with E-state index in [1.165, 1.54) is 0 Å². The highest BCUT2D eigenvalue weighted by Crippen LogP contribution is 2.24. The van der Waals surface area contributed by atoms with Crippen molar-refractivity contribution in [2.45, 2.75) is 19.3 Å². The van der Waals surface area contributed by atoms with Crippen LogP contribution in [0, 0.1) is 0 Å². The molecule has 0 spiro atoms. The van der Waals surface area contributed by atoms with E-state index in [0.29, 0.717) is 0 Å². The highest BCUT2D eigenvalue weighted by molar-refractivity contribution is 7.97. The van der Waals surface area contributed by atoms with Gasteiger partial charge in [0.15, 0.2) is 0 Å². The normalized spacial score (nSPS) is 18.9. The Morgan fingerprint density at radius 3 is 2.44 bits per heavy atom. The van der Waals surface area contributed by atoms with Crippen LogP contribution in [0.1, 0.15) is 19.3 Å². The molecule has 0 aromatic rings. The fourth-order valence-corrected chi connectivity index (χ4v) is 1.75. The zero-order chi connectivity index (χ0) is 6.85. The first-order valence-corrected chi connectivity index (χ1v) is 3.83. The van der Waals surface area contributed by atoms with Crippen LogP contribution < -0.4 is 0 Å². The fourth-order valence-electron chi connectivity index (χ4n) is 0.980. The van der Waals surface area contributed by atoms with Gasteiger partial charge in [0.1, 0.15) is 0 Å². The van der Waals surface area contributed by atoms with Gasteiger partial charge in [-0.15, -0.1) is 12.6 Å². The minimum atomic E-state index is -0.0856. The molecule has 0 amide bonds. The number of carbonyl (C=O) groups is 1. The number of carbonyl (C=O) groups excluding carboxylic acids is 1. The molecule has 0 aliphatic heterocycles. The third-order valence-corrected chi connectivity index (χ3v) is 2.30. The van der Waals surface area contributed by atoms with Crippen LogP contribution in [-0.4, -0.2) is 15.4 Å². The number of rotatable bonds is 1. The molecule has 3 heteroatoms. The highest BCUT2D eigenvalue weighted by Gasteiger charge is 2.14. The van der Waals surface area contributed by atoms with E-state index in [9.17, 15) is 4.79 Å². The summed E-state index contributed by atoms with van der Waals surface area (Å²) in [4.78, 5) is 10.6. The molecule has 1 rings (SSSR count). The molecule has 0 aromatic carbocycles. The lowest BCUT2D eigenvalue weighted by Gasteiger charge is -1.92. The zero-order valence-corrected chi connectivity index (χ0v) is 6.87. The summed E-state index contributed by atoms with van der Waals surface area (Å²) < 4.78 is 0. The van der Waals surface area contributed by atoms with Crippen molar-refractivity contribution in [2.24, 2.45) is 0 Å². The van der Waals surface area contributed by atoms with E-state index in [4.69, 9.17) is 0 Å². The standard InChI is InChI=1S/C6H7OSSi/c7-6(8)4-2-1-3-5(4)9/h1-3H2,(H,7,8). The molecule has 0 N–H and O–H groups in total. The summed E-state index contributed by atoms with van der Waals surface area (Å²) in [6.07, 6.45) is 2.97. The quantitative estimate of drug-likeness (QED) is 0.442. The molecule has 0 fully saturated rings. The predicted octanol–water partition coefficient (Wildman–Crippen LogP) is 1.05. The molecule has 0 unspecified atom stereocenters. The molecule has 0 atom stereocenters.